The van der Waals surface area contributed by atoms with Crippen molar-refractivity contribution in [2.75, 3.05) is 20.1 Å². The summed E-state index contributed by atoms with van der Waals surface area (Å²) in [6.07, 6.45) is 0.739. The maximum Gasteiger partial charge on any atom is 0.410 e. The number of amides is 1. The van der Waals surface area contributed by atoms with Gasteiger partial charge in [0.05, 0.1) is 0 Å². The molecule has 0 saturated carbocycles. The van der Waals surface area contributed by atoms with E-state index in [0.29, 0.717) is 12.5 Å². The van der Waals surface area contributed by atoms with Crippen molar-refractivity contribution in [3.8, 4) is 0 Å². The molecule has 0 unspecified atom stereocenters. The summed E-state index contributed by atoms with van der Waals surface area (Å²) in [6, 6.07) is 20.3. The Labute approximate surface area is 162 Å². The van der Waals surface area contributed by atoms with Crippen LogP contribution in [0.4, 0.5) is 4.79 Å². The average molecular weight is 367 g/mol. The van der Waals surface area contributed by atoms with Crippen LogP contribution in [0.3, 0.4) is 0 Å². The zero-order chi connectivity index (χ0) is 19.3. The Morgan fingerprint density at radius 3 is 2.30 bits per heavy atom. The van der Waals surface area contributed by atoms with E-state index in [1.807, 2.05) is 41.3 Å². The van der Waals surface area contributed by atoms with Crippen LogP contribution >= 0.6 is 0 Å². The van der Waals surface area contributed by atoms with E-state index in [1.54, 1.807) is 0 Å². The lowest BCUT2D eigenvalue weighted by molar-refractivity contribution is -0.0605. The third kappa shape index (κ3) is 4.69. The van der Waals surface area contributed by atoms with Gasteiger partial charge in [0.2, 0.25) is 0 Å². The molecule has 2 aromatic carbocycles. The van der Waals surface area contributed by atoms with E-state index in [0.717, 1.165) is 31.6 Å². The van der Waals surface area contributed by atoms with Crippen molar-refractivity contribution >= 4 is 6.09 Å². The number of likely N-dealkylation sites (tertiary alicyclic amines) is 1. The largest absolute Gasteiger partial charge is 0.445 e. The van der Waals surface area contributed by atoms with Gasteiger partial charge in [-0.15, -0.1) is 0 Å². The monoisotopic (exact) mass is 366 g/mol. The van der Waals surface area contributed by atoms with E-state index in [9.17, 15) is 4.79 Å². The number of hydrogen-bond donors (Lipinski definition) is 0. The van der Waals surface area contributed by atoms with E-state index in [-0.39, 0.29) is 11.6 Å². The van der Waals surface area contributed by atoms with Crippen LogP contribution in [0, 0.1) is 5.92 Å². The van der Waals surface area contributed by atoms with Gasteiger partial charge >= 0.3 is 6.09 Å². The predicted molar refractivity (Wildman–Crippen MR) is 108 cm³/mol. The molecule has 2 aromatic rings. The molecule has 1 fully saturated rings. The highest BCUT2D eigenvalue weighted by Gasteiger charge is 2.50. The summed E-state index contributed by atoms with van der Waals surface area (Å²) in [5.41, 5.74) is 2.19. The molecule has 144 valence electrons. The minimum Gasteiger partial charge on any atom is -0.445 e. The molecule has 1 heterocycles. The van der Waals surface area contributed by atoms with Crippen molar-refractivity contribution in [1.82, 2.24) is 9.80 Å². The highest BCUT2D eigenvalue weighted by Crippen LogP contribution is 2.39. The molecule has 0 spiro atoms. The van der Waals surface area contributed by atoms with Crippen LogP contribution in [-0.4, -0.2) is 41.6 Å². The van der Waals surface area contributed by atoms with Gasteiger partial charge in [0.15, 0.2) is 0 Å². The second kappa shape index (κ2) is 8.57. The molecular weight excluding hydrogens is 336 g/mol. The molecule has 1 aliphatic rings. The van der Waals surface area contributed by atoms with Crippen LogP contribution in [-0.2, 0) is 17.9 Å². The van der Waals surface area contributed by atoms with Crippen LogP contribution in [0.2, 0.25) is 0 Å². The average Bonchev–Trinajstić information content (AvgIpc) is 2.70. The molecular formula is C23H30N2O2. The molecule has 1 aliphatic heterocycles. The molecule has 0 bridgehead atoms. The summed E-state index contributed by atoms with van der Waals surface area (Å²) in [5, 5.41) is 0. The van der Waals surface area contributed by atoms with Gasteiger partial charge in [0.25, 0.3) is 0 Å². The van der Waals surface area contributed by atoms with Crippen LogP contribution in [0.5, 0.6) is 0 Å². The van der Waals surface area contributed by atoms with Gasteiger partial charge in [-0.2, -0.15) is 0 Å². The molecule has 1 amide bonds. The molecule has 0 radical (unpaired) electrons. The lowest BCUT2D eigenvalue weighted by atomic mass is 9.74. The summed E-state index contributed by atoms with van der Waals surface area (Å²) in [7, 11) is 2.14. The van der Waals surface area contributed by atoms with Crippen molar-refractivity contribution in [3.63, 3.8) is 0 Å². The number of ether oxygens (including phenoxy) is 1. The van der Waals surface area contributed by atoms with Gasteiger partial charge in [-0.3, -0.25) is 0 Å². The van der Waals surface area contributed by atoms with Gasteiger partial charge in [0.1, 0.15) is 6.61 Å². The maximum atomic E-state index is 12.6. The van der Waals surface area contributed by atoms with E-state index in [1.165, 1.54) is 5.56 Å². The van der Waals surface area contributed by atoms with Crippen molar-refractivity contribution < 1.29 is 9.53 Å². The van der Waals surface area contributed by atoms with Gasteiger partial charge in [-0.1, -0.05) is 67.6 Å². The standard InChI is InChI=1S/C23H30N2O2/c1-19-16-25(22(26)27-18-21-12-8-5-9-13-21)23(19,2)14-15-24(3)17-20-10-6-4-7-11-20/h4-13,19H,14-18H2,1-3H3/t19-,23+/m0/s1. The van der Waals surface area contributed by atoms with Crippen molar-refractivity contribution in [1.29, 1.82) is 0 Å². The minimum absolute atomic E-state index is 0.140. The molecule has 0 N–H and O–H groups in total. The molecule has 1 saturated heterocycles. The topological polar surface area (TPSA) is 32.8 Å². The molecule has 27 heavy (non-hydrogen) atoms. The summed E-state index contributed by atoms with van der Waals surface area (Å²) in [4.78, 5) is 16.8. The molecule has 2 atom stereocenters. The fourth-order valence-corrected chi connectivity index (χ4v) is 3.69. The Morgan fingerprint density at radius 2 is 1.70 bits per heavy atom. The first-order chi connectivity index (χ1) is 13.0. The summed E-state index contributed by atoms with van der Waals surface area (Å²) >= 11 is 0. The molecule has 0 aliphatic carbocycles. The Kier molecular flexibility index (Phi) is 6.17. The van der Waals surface area contributed by atoms with Crippen LogP contribution in [0.1, 0.15) is 31.4 Å². The van der Waals surface area contributed by atoms with E-state index < -0.39 is 0 Å². The smallest absolute Gasteiger partial charge is 0.410 e. The second-order valence-corrected chi connectivity index (χ2v) is 7.88. The normalized spacial score (nSPS) is 21.8. The fourth-order valence-electron chi connectivity index (χ4n) is 3.69. The summed E-state index contributed by atoms with van der Waals surface area (Å²) in [6.45, 7) is 7.36. The molecule has 4 heteroatoms. The highest BCUT2D eigenvalue weighted by molar-refractivity contribution is 5.70. The van der Waals surface area contributed by atoms with E-state index in [4.69, 9.17) is 4.74 Å². The zero-order valence-corrected chi connectivity index (χ0v) is 16.6. The maximum absolute atomic E-state index is 12.6. The van der Waals surface area contributed by atoms with Gasteiger partial charge in [-0.25, -0.2) is 4.79 Å². The highest BCUT2D eigenvalue weighted by atomic mass is 16.6. The van der Waals surface area contributed by atoms with Gasteiger partial charge < -0.3 is 14.5 Å². The molecule has 4 nitrogen and oxygen atoms in total. The van der Waals surface area contributed by atoms with Crippen LogP contribution in [0.25, 0.3) is 0 Å². The predicted octanol–water partition coefficient (Wildman–Crippen LogP) is 4.56. The van der Waals surface area contributed by atoms with Crippen molar-refractivity contribution in [2.24, 2.45) is 5.92 Å². The number of carbonyl (C=O) groups is 1. The molecule has 3 rings (SSSR count). The number of carbonyl (C=O) groups excluding carboxylic acids is 1. The first-order valence-electron chi connectivity index (χ1n) is 9.70. The van der Waals surface area contributed by atoms with Crippen LogP contribution in [0.15, 0.2) is 60.7 Å². The fraction of sp³-hybridized carbons (Fsp3) is 0.435. The zero-order valence-electron chi connectivity index (χ0n) is 16.6. The van der Waals surface area contributed by atoms with Gasteiger partial charge in [-0.05, 0) is 37.4 Å². The number of rotatable bonds is 7. The first-order valence-corrected chi connectivity index (χ1v) is 9.70. The lowest BCUT2D eigenvalue weighted by Gasteiger charge is -2.55. The van der Waals surface area contributed by atoms with Crippen LogP contribution < -0.4 is 0 Å². The number of benzene rings is 2. The Morgan fingerprint density at radius 1 is 1.11 bits per heavy atom. The third-order valence-corrected chi connectivity index (χ3v) is 5.86. The third-order valence-electron chi connectivity index (χ3n) is 5.86. The van der Waals surface area contributed by atoms with Crippen molar-refractivity contribution in [3.05, 3.63) is 71.8 Å². The Bertz CT molecular complexity index is 735. The summed E-state index contributed by atoms with van der Waals surface area (Å²) < 4.78 is 5.55. The minimum atomic E-state index is -0.204. The number of nitrogens with zero attached hydrogens (tertiary/aromatic N) is 2. The number of hydrogen-bond acceptors (Lipinski definition) is 3. The van der Waals surface area contributed by atoms with E-state index in [2.05, 4.69) is 50.1 Å². The van der Waals surface area contributed by atoms with Crippen molar-refractivity contribution in [2.45, 2.75) is 39.0 Å². The Hall–Kier alpha value is -2.33. The SMILES string of the molecule is C[C@H]1CN(C(=O)OCc2ccccc2)[C@]1(C)CCN(C)Cc1ccccc1. The Balaban J connectivity index is 1.51. The van der Waals surface area contributed by atoms with E-state index >= 15 is 0 Å². The quantitative estimate of drug-likeness (QED) is 0.720. The molecule has 0 aromatic heterocycles. The van der Waals surface area contributed by atoms with Gasteiger partial charge in [0, 0.05) is 25.2 Å². The first kappa shape index (κ1) is 19.4. The summed E-state index contributed by atoms with van der Waals surface area (Å²) in [5.74, 6) is 0.479. The lowest BCUT2D eigenvalue weighted by Crippen LogP contribution is -2.67. The second-order valence-electron chi connectivity index (χ2n) is 7.88.